The quantitative estimate of drug-likeness (QED) is 0.264. The van der Waals surface area contributed by atoms with Gasteiger partial charge in [0.1, 0.15) is 23.4 Å². The fourth-order valence-electron chi connectivity index (χ4n) is 5.11. The number of amides is 2. The van der Waals surface area contributed by atoms with Crippen molar-refractivity contribution in [3.05, 3.63) is 95.8 Å². The van der Waals surface area contributed by atoms with Crippen LogP contribution in [0.3, 0.4) is 0 Å². The van der Waals surface area contributed by atoms with Crippen LogP contribution in [0.4, 0.5) is 4.39 Å². The van der Waals surface area contributed by atoms with E-state index in [0.29, 0.717) is 25.2 Å². The monoisotopic (exact) mass is 546 g/mol. The van der Waals surface area contributed by atoms with Gasteiger partial charge in [-0.2, -0.15) is 0 Å². The number of nitrogens with one attached hydrogen (secondary N) is 1. The van der Waals surface area contributed by atoms with Crippen molar-refractivity contribution >= 4 is 11.8 Å². The first-order chi connectivity index (χ1) is 19.5. The van der Waals surface area contributed by atoms with Crippen molar-refractivity contribution in [1.29, 1.82) is 0 Å². The number of benzene rings is 3. The van der Waals surface area contributed by atoms with Crippen molar-refractivity contribution in [2.75, 3.05) is 13.7 Å². The number of hydrogen-bond acceptors (Lipinski definition) is 4. The molecule has 0 radical (unpaired) electrons. The Balaban J connectivity index is 1.50. The van der Waals surface area contributed by atoms with E-state index in [0.717, 1.165) is 42.6 Å². The molecular formula is C33H39FN2O4. The fourth-order valence-corrected chi connectivity index (χ4v) is 5.11. The van der Waals surface area contributed by atoms with Crippen LogP contribution in [0.15, 0.2) is 78.9 Å². The van der Waals surface area contributed by atoms with E-state index in [1.807, 2.05) is 54.6 Å². The molecule has 0 spiro atoms. The number of rotatable bonds is 13. The van der Waals surface area contributed by atoms with E-state index in [4.69, 9.17) is 9.47 Å². The molecule has 4 rings (SSSR count). The molecule has 3 aromatic carbocycles. The number of ether oxygens (including phenoxy) is 2. The number of hydrogen-bond donors (Lipinski definition) is 1. The van der Waals surface area contributed by atoms with Crippen LogP contribution in [-0.2, 0) is 22.6 Å². The van der Waals surface area contributed by atoms with Gasteiger partial charge in [-0.25, -0.2) is 4.39 Å². The first-order valence-electron chi connectivity index (χ1n) is 14.2. The molecule has 1 N–H and O–H groups in total. The number of carbonyl (C=O) groups is 2. The molecule has 0 bridgehead atoms. The summed E-state index contributed by atoms with van der Waals surface area (Å²) < 4.78 is 24.6. The first-order valence-corrected chi connectivity index (χ1v) is 14.2. The molecule has 1 fully saturated rings. The van der Waals surface area contributed by atoms with Crippen LogP contribution in [-0.4, -0.2) is 42.5 Å². The third kappa shape index (κ3) is 8.83. The lowest BCUT2D eigenvalue weighted by atomic mass is 9.94. The SMILES string of the molecule is COc1ccc(OCCCC(=O)N(Cc2ccc(F)cc2)C(Cc2ccccc2)C(=O)NC2CCCCC2)cc1. The summed E-state index contributed by atoms with van der Waals surface area (Å²) >= 11 is 0. The Labute approximate surface area is 236 Å². The standard InChI is InChI=1S/C33H39FN2O4/c1-39-29-18-20-30(21-19-29)40-22-8-13-32(37)36(24-26-14-16-27(34)17-15-26)31(23-25-9-4-2-5-10-25)33(38)35-28-11-6-3-7-12-28/h2,4-5,9-10,14-21,28,31H,3,6-8,11-13,22-24H2,1H3,(H,35,38). The van der Waals surface area contributed by atoms with E-state index >= 15 is 0 Å². The van der Waals surface area contributed by atoms with Gasteiger partial charge in [0.2, 0.25) is 11.8 Å². The van der Waals surface area contributed by atoms with Crippen molar-refractivity contribution < 1.29 is 23.5 Å². The number of nitrogens with zero attached hydrogens (tertiary/aromatic N) is 1. The molecule has 6 nitrogen and oxygen atoms in total. The molecule has 0 aromatic heterocycles. The van der Waals surface area contributed by atoms with E-state index in [-0.39, 0.29) is 36.6 Å². The maximum Gasteiger partial charge on any atom is 0.243 e. The zero-order chi connectivity index (χ0) is 28.2. The van der Waals surface area contributed by atoms with Gasteiger partial charge in [-0.1, -0.05) is 61.7 Å². The molecule has 1 saturated carbocycles. The summed E-state index contributed by atoms with van der Waals surface area (Å²) in [6.07, 6.45) is 6.41. The van der Waals surface area contributed by atoms with Gasteiger partial charge in [0, 0.05) is 25.4 Å². The minimum Gasteiger partial charge on any atom is -0.497 e. The topological polar surface area (TPSA) is 67.9 Å². The van der Waals surface area contributed by atoms with Crippen molar-refractivity contribution in [1.82, 2.24) is 10.2 Å². The molecule has 1 aliphatic carbocycles. The highest BCUT2D eigenvalue weighted by Crippen LogP contribution is 2.21. The van der Waals surface area contributed by atoms with E-state index < -0.39 is 6.04 Å². The molecule has 212 valence electrons. The molecule has 7 heteroatoms. The number of halogens is 1. The van der Waals surface area contributed by atoms with Crippen LogP contribution < -0.4 is 14.8 Å². The minimum absolute atomic E-state index is 0.125. The van der Waals surface area contributed by atoms with Gasteiger partial charge >= 0.3 is 0 Å². The maximum atomic E-state index is 13.8. The van der Waals surface area contributed by atoms with Gasteiger partial charge in [0.15, 0.2) is 0 Å². The summed E-state index contributed by atoms with van der Waals surface area (Å²) in [5.74, 6) is 0.830. The Morgan fingerprint density at radius 2 is 1.57 bits per heavy atom. The third-order valence-corrected chi connectivity index (χ3v) is 7.35. The van der Waals surface area contributed by atoms with E-state index in [2.05, 4.69) is 5.32 Å². The lowest BCUT2D eigenvalue weighted by Gasteiger charge is -2.33. The molecule has 1 aliphatic rings. The van der Waals surface area contributed by atoms with Gasteiger partial charge in [0.05, 0.1) is 13.7 Å². The van der Waals surface area contributed by atoms with Crippen LogP contribution in [0.2, 0.25) is 0 Å². The summed E-state index contributed by atoms with van der Waals surface area (Å²) in [5, 5.41) is 3.24. The molecule has 0 heterocycles. The van der Waals surface area contributed by atoms with Crippen molar-refractivity contribution in [2.45, 2.75) is 70.0 Å². The van der Waals surface area contributed by atoms with Crippen molar-refractivity contribution in [2.24, 2.45) is 0 Å². The molecule has 3 aromatic rings. The van der Waals surface area contributed by atoms with Crippen LogP contribution in [0.25, 0.3) is 0 Å². The third-order valence-electron chi connectivity index (χ3n) is 7.35. The molecule has 40 heavy (non-hydrogen) atoms. The van der Waals surface area contributed by atoms with E-state index in [1.54, 1.807) is 24.1 Å². The van der Waals surface area contributed by atoms with Crippen LogP contribution in [0.1, 0.15) is 56.1 Å². The van der Waals surface area contributed by atoms with E-state index in [1.165, 1.54) is 18.6 Å². The van der Waals surface area contributed by atoms with Crippen LogP contribution >= 0.6 is 0 Å². The second-order valence-electron chi connectivity index (χ2n) is 10.3. The highest BCUT2D eigenvalue weighted by Gasteiger charge is 2.31. The number of carbonyl (C=O) groups excluding carboxylic acids is 2. The second-order valence-corrected chi connectivity index (χ2v) is 10.3. The predicted octanol–water partition coefficient (Wildman–Crippen LogP) is 6.08. The largest absolute Gasteiger partial charge is 0.497 e. The molecule has 2 amide bonds. The van der Waals surface area contributed by atoms with Crippen LogP contribution in [0.5, 0.6) is 11.5 Å². The van der Waals surface area contributed by atoms with E-state index in [9.17, 15) is 14.0 Å². The predicted molar refractivity (Wildman–Crippen MR) is 154 cm³/mol. The zero-order valence-electron chi connectivity index (χ0n) is 23.2. The summed E-state index contributed by atoms with van der Waals surface area (Å²) in [6.45, 7) is 0.577. The molecule has 0 aliphatic heterocycles. The van der Waals surface area contributed by atoms with Crippen LogP contribution in [0, 0.1) is 5.82 Å². The van der Waals surface area contributed by atoms with Gasteiger partial charge in [0.25, 0.3) is 0 Å². The Bertz CT molecular complexity index is 1200. The molecule has 1 unspecified atom stereocenters. The Morgan fingerprint density at radius 1 is 0.900 bits per heavy atom. The Kier molecular flexibility index (Phi) is 11.0. The summed E-state index contributed by atoms with van der Waals surface area (Å²) in [5.41, 5.74) is 1.75. The fraction of sp³-hybridized carbons (Fsp3) is 0.394. The highest BCUT2D eigenvalue weighted by molar-refractivity contribution is 5.88. The Hall–Kier alpha value is -3.87. The molecule has 0 saturated heterocycles. The normalized spacial score (nSPS) is 14.2. The average molecular weight is 547 g/mol. The lowest BCUT2D eigenvalue weighted by molar-refractivity contribution is -0.141. The van der Waals surface area contributed by atoms with Gasteiger partial charge in [-0.15, -0.1) is 0 Å². The summed E-state index contributed by atoms with van der Waals surface area (Å²) in [6, 6.07) is 22.6. The van der Waals surface area contributed by atoms with Crippen molar-refractivity contribution in [3.8, 4) is 11.5 Å². The zero-order valence-corrected chi connectivity index (χ0v) is 23.2. The first kappa shape index (κ1) is 29.1. The smallest absolute Gasteiger partial charge is 0.243 e. The minimum atomic E-state index is -0.690. The van der Waals surface area contributed by atoms with Gasteiger partial charge < -0.3 is 19.7 Å². The van der Waals surface area contributed by atoms with Gasteiger partial charge in [-0.3, -0.25) is 9.59 Å². The second kappa shape index (κ2) is 15.1. The molecular weight excluding hydrogens is 507 g/mol. The summed E-state index contributed by atoms with van der Waals surface area (Å²) in [7, 11) is 1.61. The maximum absolute atomic E-state index is 13.8. The number of methoxy groups -OCH3 is 1. The van der Waals surface area contributed by atoms with Crippen molar-refractivity contribution in [3.63, 3.8) is 0 Å². The summed E-state index contributed by atoms with van der Waals surface area (Å²) in [4.78, 5) is 29.2. The molecule has 1 atom stereocenters. The highest BCUT2D eigenvalue weighted by atomic mass is 19.1. The lowest BCUT2D eigenvalue weighted by Crippen LogP contribution is -2.52. The Morgan fingerprint density at radius 3 is 2.25 bits per heavy atom. The average Bonchev–Trinajstić information content (AvgIpc) is 2.99. The van der Waals surface area contributed by atoms with Gasteiger partial charge in [-0.05, 0) is 66.8 Å².